The Morgan fingerprint density at radius 2 is 1.76 bits per heavy atom. The highest BCUT2D eigenvalue weighted by molar-refractivity contribution is 6.31. The van der Waals surface area contributed by atoms with Crippen LogP contribution in [0.3, 0.4) is 0 Å². The number of hydrogen-bond acceptors (Lipinski definition) is 5. The minimum absolute atomic E-state index is 0.148. The number of nitrogens with zero attached hydrogens (tertiary/aromatic N) is 1. The van der Waals surface area contributed by atoms with E-state index in [4.69, 9.17) is 34.4 Å². The number of halogens is 2. The molecule has 0 unspecified atom stereocenters. The smallest absolute Gasteiger partial charge is 0.243 e. The highest BCUT2D eigenvalue weighted by Gasteiger charge is 2.40. The SMILES string of the molecule is C#C[C@@H]1CN[C@@H](C2CC2)C(=O)N(C)[C@H](C)C(=O)N[C@H](Cc2ccc(Cl)cc2)C(=O)NCCCc2ccc(Cl)cc2O1. The van der Waals surface area contributed by atoms with E-state index in [1.54, 1.807) is 38.2 Å². The van der Waals surface area contributed by atoms with Gasteiger partial charge in [-0.2, -0.15) is 0 Å². The molecule has 1 fully saturated rings. The van der Waals surface area contributed by atoms with E-state index in [1.165, 1.54) is 4.90 Å². The summed E-state index contributed by atoms with van der Waals surface area (Å²) in [5, 5.41) is 10.2. The van der Waals surface area contributed by atoms with Crippen molar-refractivity contribution in [3.8, 4) is 18.1 Å². The first-order valence-corrected chi connectivity index (χ1v) is 14.7. The summed E-state index contributed by atoms with van der Waals surface area (Å²) in [6, 6.07) is 10.4. The van der Waals surface area contributed by atoms with E-state index in [0.29, 0.717) is 35.2 Å². The summed E-state index contributed by atoms with van der Waals surface area (Å²) in [5.74, 6) is 2.44. The summed E-state index contributed by atoms with van der Waals surface area (Å²) in [4.78, 5) is 41.6. The molecule has 0 aromatic heterocycles. The van der Waals surface area contributed by atoms with Gasteiger partial charge in [-0.05, 0) is 73.9 Å². The van der Waals surface area contributed by atoms with Crippen molar-refractivity contribution in [3.63, 3.8) is 0 Å². The standard InChI is InChI=1S/C31H36Cl2N4O4/c1-4-25-18-35-28(22-9-10-22)31(40)37(3)19(2)29(38)36-26(16-20-7-12-23(32)13-8-20)30(39)34-15-5-6-21-11-14-24(33)17-27(21)41-25/h1,7-8,11-14,17,19,22,25-26,28,35H,5-6,9-10,15-16,18H2,2-3H3,(H,34,39)(H,36,38)/t19-,25-,26-,28+/m1/s1. The molecule has 4 rings (SSSR count). The van der Waals surface area contributed by atoms with Gasteiger partial charge in [0.1, 0.15) is 17.8 Å². The predicted molar refractivity (Wildman–Crippen MR) is 160 cm³/mol. The fourth-order valence-corrected chi connectivity index (χ4v) is 5.10. The number of hydrogen-bond donors (Lipinski definition) is 3. The van der Waals surface area contributed by atoms with Gasteiger partial charge in [-0.25, -0.2) is 0 Å². The van der Waals surface area contributed by atoms with E-state index in [1.807, 2.05) is 18.2 Å². The molecule has 1 aliphatic carbocycles. The van der Waals surface area contributed by atoms with E-state index < -0.39 is 30.1 Å². The Balaban J connectivity index is 1.60. The third-order valence-corrected chi connectivity index (χ3v) is 8.07. The van der Waals surface area contributed by atoms with Crippen molar-refractivity contribution < 1.29 is 19.1 Å². The first kappa shape index (κ1) is 30.7. The fraction of sp³-hybridized carbons (Fsp3) is 0.452. The number of aryl methyl sites for hydroxylation is 1. The van der Waals surface area contributed by atoms with Gasteiger partial charge >= 0.3 is 0 Å². The Bertz CT molecular complexity index is 1290. The van der Waals surface area contributed by atoms with E-state index in [9.17, 15) is 14.4 Å². The Kier molecular flexibility index (Phi) is 10.5. The van der Waals surface area contributed by atoms with Crippen molar-refractivity contribution in [2.75, 3.05) is 20.1 Å². The number of fused-ring (bicyclic) bond motifs is 1. The lowest BCUT2D eigenvalue weighted by atomic mass is 10.0. The maximum atomic E-state index is 13.6. The zero-order valence-electron chi connectivity index (χ0n) is 23.3. The largest absolute Gasteiger partial charge is 0.476 e. The number of nitrogens with one attached hydrogen (secondary N) is 3. The Morgan fingerprint density at radius 1 is 1.05 bits per heavy atom. The molecule has 0 saturated heterocycles. The molecule has 10 heteroatoms. The van der Waals surface area contributed by atoms with Crippen LogP contribution in [0, 0.1) is 18.3 Å². The molecule has 0 spiro atoms. The molecular formula is C31H36Cl2N4O4. The van der Waals surface area contributed by atoms with Crippen LogP contribution in [0.1, 0.15) is 37.3 Å². The topological polar surface area (TPSA) is 99.8 Å². The van der Waals surface area contributed by atoms with E-state index in [2.05, 4.69) is 21.9 Å². The number of carbonyl (C=O) groups is 3. The molecule has 41 heavy (non-hydrogen) atoms. The van der Waals surface area contributed by atoms with Crippen LogP contribution in [0.5, 0.6) is 5.75 Å². The van der Waals surface area contributed by atoms with Crippen molar-refractivity contribution in [3.05, 3.63) is 63.6 Å². The molecule has 3 N–H and O–H groups in total. The molecule has 1 heterocycles. The van der Waals surface area contributed by atoms with Gasteiger partial charge in [-0.15, -0.1) is 6.42 Å². The third-order valence-electron chi connectivity index (χ3n) is 7.58. The molecule has 0 radical (unpaired) electrons. The predicted octanol–water partition coefficient (Wildman–Crippen LogP) is 3.38. The van der Waals surface area contributed by atoms with Gasteiger partial charge in [0.2, 0.25) is 17.7 Å². The maximum absolute atomic E-state index is 13.6. The second kappa shape index (κ2) is 14.1. The number of likely N-dealkylation sites (N-methyl/N-ethyl adjacent to an activating group) is 1. The van der Waals surface area contributed by atoms with Crippen molar-refractivity contribution in [1.29, 1.82) is 0 Å². The van der Waals surface area contributed by atoms with Crippen LogP contribution in [0.15, 0.2) is 42.5 Å². The van der Waals surface area contributed by atoms with Crippen molar-refractivity contribution in [1.82, 2.24) is 20.9 Å². The Labute approximate surface area is 251 Å². The molecule has 3 amide bonds. The number of carbonyl (C=O) groups excluding carboxylic acids is 3. The minimum atomic E-state index is -0.836. The molecule has 0 bridgehead atoms. The zero-order chi connectivity index (χ0) is 29.5. The lowest BCUT2D eigenvalue weighted by Crippen LogP contribution is -2.57. The second-order valence-corrected chi connectivity index (χ2v) is 11.5. The molecule has 218 valence electrons. The summed E-state index contributed by atoms with van der Waals surface area (Å²) >= 11 is 12.3. The molecule has 2 aliphatic rings. The Morgan fingerprint density at radius 3 is 2.44 bits per heavy atom. The van der Waals surface area contributed by atoms with Gasteiger partial charge in [0.15, 0.2) is 6.10 Å². The van der Waals surface area contributed by atoms with Crippen LogP contribution in [0.2, 0.25) is 10.0 Å². The van der Waals surface area contributed by atoms with Gasteiger partial charge in [0, 0.05) is 36.6 Å². The van der Waals surface area contributed by atoms with Crippen molar-refractivity contribution in [2.45, 2.75) is 63.3 Å². The lowest BCUT2D eigenvalue weighted by Gasteiger charge is -2.30. The molecular weight excluding hydrogens is 563 g/mol. The first-order valence-electron chi connectivity index (χ1n) is 13.9. The second-order valence-electron chi connectivity index (χ2n) is 10.7. The van der Waals surface area contributed by atoms with Crippen molar-refractivity contribution >= 4 is 40.9 Å². The van der Waals surface area contributed by atoms with E-state index in [0.717, 1.165) is 24.0 Å². The van der Waals surface area contributed by atoms with Crippen LogP contribution < -0.4 is 20.7 Å². The Hall–Kier alpha value is -3.25. The third kappa shape index (κ3) is 8.38. The molecule has 1 aliphatic heterocycles. The quantitative estimate of drug-likeness (QED) is 0.470. The van der Waals surface area contributed by atoms with Crippen LogP contribution in [0.4, 0.5) is 0 Å². The molecule has 1 saturated carbocycles. The van der Waals surface area contributed by atoms with Crippen LogP contribution in [-0.4, -0.2) is 67.0 Å². The number of terminal acetylenes is 1. The van der Waals surface area contributed by atoms with Crippen LogP contribution in [-0.2, 0) is 27.2 Å². The van der Waals surface area contributed by atoms with Gasteiger partial charge in [0.25, 0.3) is 0 Å². The van der Waals surface area contributed by atoms with E-state index >= 15 is 0 Å². The van der Waals surface area contributed by atoms with Gasteiger partial charge in [0.05, 0.1) is 6.04 Å². The van der Waals surface area contributed by atoms with Gasteiger partial charge < -0.3 is 25.6 Å². The highest BCUT2D eigenvalue weighted by Crippen LogP contribution is 2.34. The normalized spacial score (nSPS) is 25.0. The first-order chi connectivity index (χ1) is 19.7. The number of ether oxygens (including phenoxy) is 1. The molecule has 2 aromatic rings. The maximum Gasteiger partial charge on any atom is 0.243 e. The van der Waals surface area contributed by atoms with Gasteiger partial charge in [-0.1, -0.05) is 47.3 Å². The molecule has 2 aromatic carbocycles. The molecule has 4 atom stereocenters. The zero-order valence-corrected chi connectivity index (χ0v) is 24.8. The highest BCUT2D eigenvalue weighted by atomic mass is 35.5. The average Bonchev–Trinajstić information content (AvgIpc) is 3.80. The van der Waals surface area contributed by atoms with Crippen LogP contribution >= 0.6 is 23.2 Å². The number of benzene rings is 2. The summed E-state index contributed by atoms with van der Waals surface area (Å²) in [6.07, 6.45) is 8.47. The average molecular weight is 600 g/mol. The summed E-state index contributed by atoms with van der Waals surface area (Å²) in [7, 11) is 1.60. The van der Waals surface area contributed by atoms with Crippen LogP contribution in [0.25, 0.3) is 0 Å². The fourth-order valence-electron chi connectivity index (χ4n) is 4.81. The monoisotopic (exact) mass is 598 g/mol. The van der Waals surface area contributed by atoms with Crippen molar-refractivity contribution in [2.24, 2.45) is 5.92 Å². The lowest BCUT2D eigenvalue weighted by molar-refractivity contribution is -0.141. The molecule has 8 nitrogen and oxygen atoms in total. The summed E-state index contributed by atoms with van der Waals surface area (Å²) < 4.78 is 6.16. The summed E-state index contributed by atoms with van der Waals surface area (Å²) in [6.45, 7) is 2.29. The van der Waals surface area contributed by atoms with Gasteiger partial charge in [-0.3, -0.25) is 14.4 Å². The summed E-state index contributed by atoms with van der Waals surface area (Å²) in [5.41, 5.74) is 1.75. The number of rotatable bonds is 3. The van der Waals surface area contributed by atoms with E-state index in [-0.39, 0.29) is 30.7 Å². The number of amides is 3. The minimum Gasteiger partial charge on any atom is -0.476 e.